The van der Waals surface area contributed by atoms with Crippen molar-refractivity contribution in [2.45, 2.75) is 26.8 Å². The third-order valence-electron chi connectivity index (χ3n) is 2.92. The van der Waals surface area contributed by atoms with Crippen molar-refractivity contribution < 1.29 is 0 Å². The van der Waals surface area contributed by atoms with Crippen LogP contribution in [0.4, 0.5) is 0 Å². The molecule has 0 radical (unpaired) electrons. The van der Waals surface area contributed by atoms with Gasteiger partial charge in [-0.15, -0.1) is 0 Å². The number of aryl methyl sites for hydroxylation is 3. The van der Waals surface area contributed by atoms with Crippen molar-refractivity contribution in [3.63, 3.8) is 0 Å². The number of likely N-dealkylation sites (N-methyl/N-ethyl adjacent to an activating group) is 1. The molecule has 1 unspecified atom stereocenters. The Hall–Kier alpha value is -0.860. The van der Waals surface area contributed by atoms with Gasteiger partial charge in [-0.2, -0.15) is 0 Å². The van der Waals surface area contributed by atoms with Gasteiger partial charge in [-0.3, -0.25) is 0 Å². The van der Waals surface area contributed by atoms with E-state index in [1.54, 1.807) is 0 Å². The molecule has 84 valence electrons. The van der Waals surface area contributed by atoms with Gasteiger partial charge in [-0.05, 0) is 51.6 Å². The molecular formula is C13H22N2. The van der Waals surface area contributed by atoms with Gasteiger partial charge in [-0.1, -0.05) is 17.7 Å². The van der Waals surface area contributed by atoms with Crippen LogP contribution in [-0.2, 0) is 0 Å². The minimum atomic E-state index is 0.325. The molecule has 0 saturated heterocycles. The highest BCUT2D eigenvalue weighted by Gasteiger charge is 2.16. The fourth-order valence-electron chi connectivity index (χ4n) is 2.30. The first kappa shape index (κ1) is 12.2. The van der Waals surface area contributed by atoms with Crippen LogP contribution < -0.4 is 5.73 Å². The molecule has 2 heteroatoms. The van der Waals surface area contributed by atoms with Crippen LogP contribution in [0.25, 0.3) is 0 Å². The van der Waals surface area contributed by atoms with Crippen molar-refractivity contribution in [2.24, 2.45) is 5.73 Å². The zero-order chi connectivity index (χ0) is 11.6. The molecule has 0 heterocycles. The second-order valence-electron chi connectivity index (χ2n) is 4.53. The summed E-state index contributed by atoms with van der Waals surface area (Å²) >= 11 is 0. The Labute approximate surface area is 93.1 Å². The van der Waals surface area contributed by atoms with Crippen molar-refractivity contribution >= 4 is 0 Å². The van der Waals surface area contributed by atoms with Gasteiger partial charge in [-0.25, -0.2) is 0 Å². The molecular weight excluding hydrogens is 184 g/mol. The highest BCUT2D eigenvalue weighted by atomic mass is 15.1. The zero-order valence-corrected chi connectivity index (χ0v) is 10.5. The van der Waals surface area contributed by atoms with Gasteiger partial charge < -0.3 is 10.6 Å². The van der Waals surface area contributed by atoms with Crippen LogP contribution in [0.2, 0.25) is 0 Å². The predicted octanol–water partition coefficient (Wildman–Crippen LogP) is 2.17. The maximum absolute atomic E-state index is 5.84. The van der Waals surface area contributed by atoms with E-state index in [1.807, 2.05) is 0 Å². The lowest BCUT2D eigenvalue weighted by molar-refractivity contribution is 0.304. The van der Waals surface area contributed by atoms with Crippen LogP contribution in [0.3, 0.4) is 0 Å². The summed E-state index contributed by atoms with van der Waals surface area (Å²) in [5, 5.41) is 0. The van der Waals surface area contributed by atoms with Crippen LogP contribution in [0, 0.1) is 20.8 Å². The van der Waals surface area contributed by atoms with Gasteiger partial charge in [0.15, 0.2) is 0 Å². The Morgan fingerprint density at radius 3 is 1.93 bits per heavy atom. The van der Waals surface area contributed by atoms with E-state index in [1.165, 1.54) is 22.3 Å². The van der Waals surface area contributed by atoms with E-state index >= 15 is 0 Å². The SMILES string of the molecule is Cc1cc(C)c(C(CN)N(C)C)c(C)c1. The monoisotopic (exact) mass is 206 g/mol. The van der Waals surface area contributed by atoms with E-state index < -0.39 is 0 Å². The molecule has 0 amide bonds. The minimum absolute atomic E-state index is 0.325. The van der Waals surface area contributed by atoms with E-state index in [9.17, 15) is 0 Å². The van der Waals surface area contributed by atoms with Crippen LogP contribution in [0.5, 0.6) is 0 Å². The molecule has 0 aliphatic carbocycles. The quantitative estimate of drug-likeness (QED) is 0.821. The van der Waals surface area contributed by atoms with Gasteiger partial charge in [0.25, 0.3) is 0 Å². The summed E-state index contributed by atoms with van der Waals surface area (Å²) in [6, 6.07) is 4.79. The molecule has 2 nitrogen and oxygen atoms in total. The largest absolute Gasteiger partial charge is 0.329 e. The average molecular weight is 206 g/mol. The van der Waals surface area contributed by atoms with E-state index in [-0.39, 0.29) is 0 Å². The first-order valence-corrected chi connectivity index (χ1v) is 5.41. The fraction of sp³-hybridized carbons (Fsp3) is 0.538. The second kappa shape index (κ2) is 4.77. The Kier molecular flexibility index (Phi) is 3.89. The molecule has 0 fully saturated rings. The summed E-state index contributed by atoms with van der Waals surface area (Å²) in [4.78, 5) is 2.19. The highest BCUT2D eigenvalue weighted by molar-refractivity contribution is 5.39. The Balaban J connectivity index is 3.23. The molecule has 15 heavy (non-hydrogen) atoms. The Morgan fingerprint density at radius 1 is 1.13 bits per heavy atom. The lowest BCUT2D eigenvalue weighted by atomic mass is 9.93. The van der Waals surface area contributed by atoms with E-state index in [0.717, 1.165) is 0 Å². The minimum Gasteiger partial charge on any atom is -0.329 e. The lowest BCUT2D eigenvalue weighted by Crippen LogP contribution is -2.28. The third-order valence-corrected chi connectivity index (χ3v) is 2.92. The summed E-state index contributed by atoms with van der Waals surface area (Å²) in [5.41, 5.74) is 11.2. The Morgan fingerprint density at radius 2 is 1.60 bits per heavy atom. The third kappa shape index (κ3) is 2.58. The fourth-order valence-corrected chi connectivity index (χ4v) is 2.30. The molecule has 0 spiro atoms. The molecule has 0 aliphatic heterocycles. The number of hydrogen-bond acceptors (Lipinski definition) is 2. The van der Waals surface area contributed by atoms with Crippen LogP contribution in [-0.4, -0.2) is 25.5 Å². The molecule has 0 aliphatic rings. The maximum atomic E-state index is 5.84. The van der Waals surface area contributed by atoms with Crippen LogP contribution >= 0.6 is 0 Å². The maximum Gasteiger partial charge on any atom is 0.0469 e. The lowest BCUT2D eigenvalue weighted by Gasteiger charge is -2.26. The first-order chi connectivity index (χ1) is 6.97. The first-order valence-electron chi connectivity index (χ1n) is 5.41. The number of rotatable bonds is 3. The van der Waals surface area contributed by atoms with Gasteiger partial charge in [0.1, 0.15) is 0 Å². The normalized spacial score (nSPS) is 13.3. The summed E-state index contributed by atoms with van der Waals surface area (Å²) in [6.07, 6.45) is 0. The van der Waals surface area contributed by atoms with Crippen LogP contribution in [0.15, 0.2) is 12.1 Å². The van der Waals surface area contributed by atoms with Crippen LogP contribution in [0.1, 0.15) is 28.3 Å². The van der Waals surface area contributed by atoms with Crippen molar-refractivity contribution in [2.75, 3.05) is 20.6 Å². The molecule has 0 saturated carbocycles. The predicted molar refractivity (Wildman–Crippen MR) is 66.1 cm³/mol. The van der Waals surface area contributed by atoms with Crippen molar-refractivity contribution in [1.29, 1.82) is 0 Å². The number of nitrogens with two attached hydrogens (primary N) is 1. The molecule has 0 aromatic heterocycles. The average Bonchev–Trinajstić information content (AvgIpc) is 2.09. The molecule has 0 bridgehead atoms. The number of hydrogen-bond donors (Lipinski definition) is 1. The zero-order valence-electron chi connectivity index (χ0n) is 10.5. The molecule has 2 N–H and O–H groups in total. The van der Waals surface area contributed by atoms with Gasteiger partial charge in [0.2, 0.25) is 0 Å². The van der Waals surface area contributed by atoms with Crippen molar-refractivity contribution in [1.82, 2.24) is 4.90 Å². The topological polar surface area (TPSA) is 29.3 Å². The summed E-state index contributed by atoms with van der Waals surface area (Å²) in [5.74, 6) is 0. The van der Waals surface area contributed by atoms with E-state index in [4.69, 9.17) is 5.73 Å². The van der Waals surface area contributed by atoms with E-state index in [0.29, 0.717) is 12.6 Å². The highest BCUT2D eigenvalue weighted by Crippen LogP contribution is 2.25. The van der Waals surface area contributed by atoms with E-state index in [2.05, 4.69) is 51.9 Å². The number of nitrogens with zero attached hydrogens (tertiary/aromatic N) is 1. The van der Waals surface area contributed by atoms with Crippen molar-refractivity contribution in [3.05, 3.63) is 34.4 Å². The molecule has 1 aromatic carbocycles. The second-order valence-corrected chi connectivity index (χ2v) is 4.53. The number of benzene rings is 1. The van der Waals surface area contributed by atoms with Crippen molar-refractivity contribution in [3.8, 4) is 0 Å². The summed E-state index contributed by atoms with van der Waals surface area (Å²) in [6.45, 7) is 7.14. The summed E-state index contributed by atoms with van der Waals surface area (Å²) in [7, 11) is 4.16. The molecule has 1 rings (SSSR count). The van der Waals surface area contributed by atoms with Gasteiger partial charge in [0.05, 0.1) is 0 Å². The van der Waals surface area contributed by atoms with Gasteiger partial charge in [0, 0.05) is 12.6 Å². The smallest absolute Gasteiger partial charge is 0.0469 e. The Bertz CT molecular complexity index is 319. The summed E-state index contributed by atoms with van der Waals surface area (Å²) < 4.78 is 0. The van der Waals surface area contributed by atoms with Gasteiger partial charge >= 0.3 is 0 Å². The molecule has 1 atom stereocenters. The standard InChI is InChI=1S/C13H22N2/c1-9-6-10(2)13(11(3)7-9)12(8-14)15(4)5/h6-7,12H,8,14H2,1-5H3. The molecule has 1 aromatic rings.